The van der Waals surface area contributed by atoms with Crippen molar-refractivity contribution in [3.63, 3.8) is 0 Å². The molecule has 7 heteroatoms. The SMILES string of the molecule is O=C(Nc1scc(-c2ccccc2Br)c1C(=O)O)c1ccc(Cl)cc1. The van der Waals surface area contributed by atoms with Crippen molar-refractivity contribution in [2.45, 2.75) is 0 Å². The largest absolute Gasteiger partial charge is 0.478 e. The van der Waals surface area contributed by atoms with E-state index in [2.05, 4.69) is 21.2 Å². The van der Waals surface area contributed by atoms with E-state index in [1.807, 2.05) is 24.3 Å². The highest BCUT2D eigenvalue weighted by Crippen LogP contribution is 2.38. The summed E-state index contributed by atoms with van der Waals surface area (Å²) in [5.74, 6) is -1.49. The van der Waals surface area contributed by atoms with Crippen LogP contribution in [0.15, 0.2) is 58.4 Å². The number of carbonyl (C=O) groups is 2. The van der Waals surface area contributed by atoms with Gasteiger partial charge in [-0.15, -0.1) is 11.3 Å². The van der Waals surface area contributed by atoms with E-state index >= 15 is 0 Å². The quantitative estimate of drug-likeness (QED) is 0.544. The Hall–Kier alpha value is -2.15. The molecule has 1 amide bonds. The van der Waals surface area contributed by atoms with E-state index in [0.717, 1.165) is 10.0 Å². The average Bonchev–Trinajstić information content (AvgIpc) is 2.99. The van der Waals surface area contributed by atoms with Crippen molar-refractivity contribution in [1.29, 1.82) is 0 Å². The molecule has 0 bridgehead atoms. The van der Waals surface area contributed by atoms with Crippen LogP contribution in [0.1, 0.15) is 20.7 Å². The number of hydrogen-bond donors (Lipinski definition) is 2. The number of rotatable bonds is 4. The van der Waals surface area contributed by atoms with Crippen molar-refractivity contribution in [1.82, 2.24) is 0 Å². The lowest BCUT2D eigenvalue weighted by Gasteiger charge is -2.07. The fraction of sp³-hybridized carbons (Fsp3) is 0. The van der Waals surface area contributed by atoms with Crippen LogP contribution in [0.3, 0.4) is 0 Å². The molecule has 0 atom stereocenters. The first-order chi connectivity index (χ1) is 12.0. The molecule has 3 rings (SSSR count). The lowest BCUT2D eigenvalue weighted by atomic mass is 10.0. The van der Waals surface area contributed by atoms with Gasteiger partial charge < -0.3 is 10.4 Å². The smallest absolute Gasteiger partial charge is 0.339 e. The third kappa shape index (κ3) is 3.76. The summed E-state index contributed by atoms with van der Waals surface area (Å²) in [6, 6.07) is 13.7. The zero-order valence-corrected chi connectivity index (χ0v) is 15.8. The molecule has 0 aliphatic carbocycles. The summed E-state index contributed by atoms with van der Waals surface area (Å²) in [7, 11) is 0. The van der Waals surface area contributed by atoms with E-state index in [1.54, 1.807) is 29.6 Å². The molecule has 25 heavy (non-hydrogen) atoms. The molecule has 1 heterocycles. The van der Waals surface area contributed by atoms with Gasteiger partial charge in [0.2, 0.25) is 0 Å². The number of carboxylic acids is 1. The van der Waals surface area contributed by atoms with Crippen molar-refractivity contribution >= 4 is 55.7 Å². The predicted octanol–water partition coefficient (Wildman–Crippen LogP) is 5.78. The van der Waals surface area contributed by atoms with E-state index in [9.17, 15) is 14.7 Å². The van der Waals surface area contributed by atoms with Crippen LogP contribution in [0.25, 0.3) is 11.1 Å². The lowest BCUT2D eigenvalue weighted by molar-refractivity contribution is 0.0699. The summed E-state index contributed by atoms with van der Waals surface area (Å²) < 4.78 is 0.783. The Morgan fingerprint density at radius 2 is 1.72 bits per heavy atom. The highest BCUT2D eigenvalue weighted by atomic mass is 79.9. The molecular weight excluding hydrogens is 426 g/mol. The zero-order valence-electron chi connectivity index (χ0n) is 12.6. The van der Waals surface area contributed by atoms with Crippen molar-refractivity contribution in [2.75, 3.05) is 5.32 Å². The first-order valence-corrected chi connectivity index (χ1v) is 9.19. The summed E-state index contributed by atoms with van der Waals surface area (Å²) in [5, 5.41) is 14.8. The Kier molecular flexibility index (Phi) is 5.22. The molecule has 3 aromatic rings. The second-order valence-corrected chi connectivity index (χ2v) is 7.27. The molecule has 0 spiro atoms. The Bertz CT molecular complexity index is 953. The first-order valence-electron chi connectivity index (χ1n) is 7.14. The van der Waals surface area contributed by atoms with E-state index in [4.69, 9.17) is 11.6 Å². The van der Waals surface area contributed by atoms with Gasteiger partial charge in [0.05, 0.1) is 0 Å². The van der Waals surface area contributed by atoms with E-state index in [-0.39, 0.29) is 11.5 Å². The molecule has 0 radical (unpaired) electrons. The highest BCUT2D eigenvalue weighted by Gasteiger charge is 2.22. The van der Waals surface area contributed by atoms with Crippen LogP contribution in [0.5, 0.6) is 0 Å². The molecule has 0 saturated heterocycles. The second-order valence-electron chi connectivity index (χ2n) is 5.10. The highest BCUT2D eigenvalue weighted by molar-refractivity contribution is 9.10. The van der Waals surface area contributed by atoms with E-state index < -0.39 is 5.97 Å². The monoisotopic (exact) mass is 435 g/mol. The number of hydrogen-bond acceptors (Lipinski definition) is 3. The van der Waals surface area contributed by atoms with Gasteiger partial charge in [0.1, 0.15) is 10.6 Å². The molecule has 2 aromatic carbocycles. The standard InChI is InChI=1S/C18H11BrClNO3S/c19-14-4-2-1-3-12(14)13-9-25-17(15(13)18(23)24)21-16(22)10-5-7-11(20)8-6-10/h1-9H,(H,21,22)(H,23,24). The number of thiophene rings is 1. The first kappa shape index (κ1) is 17.7. The zero-order chi connectivity index (χ0) is 18.0. The van der Waals surface area contributed by atoms with Crippen LogP contribution in [0, 0.1) is 0 Å². The average molecular weight is 437 g/mol. The number of carboxylic acid groups (broad SMARTS) is 1. The van der Waals surface area contributed by atoms with Crippen LogP contribution < -0.4 is 5.32 Å². The number of anilines is 1. The Morgan fingerprint density at radius 1 is 1.04 bits per heavy atom. The molecule has 4 nitrogen and oxygen atoms in total. The summed E-state index contributed by atoms with van der Waals surface area (Å²) in [4.78, 5) is 24.1. The number of nitrogens with one attached hydrogen (secondary N) is 1. The molecular formula is C18H11BrClNO3S. The van der Waals surface area contributed by atoms with Crippen LogP contribution in [-0.2, 0) is 0 Å². The second kappa shape index (κ2) is 7.39. The van der Waals surface area contributed by atoms with Crippen molar-refractivity contribution in [3.05, 3.63) is 74.5 Å². The molecule has 0 aliphatic heterocycles. The van der Waals surface area contributed by atoms with Crippen LogP contribution in [-0.4, -0.2) is 17.0 Å². The molecule has 0 aliphatic rings. The maximum Gasteiger partial charge on any atom is 0.339 e. The summed E-state index contributed by atoms with van der Waals surface area (Å²) in [6.45, 7) is 0. The summed E-state index contributed by atoms with van der Waals surface area (Å²) in [6.07, 6.45) is 0. The van der Waals surface area contributed by atoms with Gasteiger partial charge in [-0.25, -0.2) is 4.79 Å². The van der Waals surface area contributed by atoms with Crippen LogP contribution in [0.2, 0.25) is 5.02 Å². The Labute approximate surface area is 161 Å². The normalized spacial score (nSPS) is 10.5. The van der Waals surface area contributed by atoms with Gasteiger partial charge >= 0.3 is 5.97 Å². The maximum absolute atomic E-state index is 12.4. The lowest BCUT2D eigenvalue weighted by Crippen LogP contribution is -2.13. The van der Waals surface area contributed by atoms with Crippen LogP contribution >= 0.6 is 38.9 Å². The van der Waals surface area contributed by atoms with Crippen LogP contribution in [0.4, 0.5) is 5.00 Å². The third-order valence-electron chi connectivity index (χ3n) is 3.50. The molecule has 126 valence electrons. The van der Waals surface area contributed by atoms with Gasteiger partial charge in [-0.3, -0.25) is 4.79 Å². The van der Waals surface area contributed by atoms with Gasteiger partial charge in [0.15, 0.2) is 0 Å². The topological polar surface area (TPSA) is 66.4 Å². The number of aromatic carboxylic acids is 1. The van der Waals surface area contributed by atoms with Crippen molar-refractivity contribution in [3.8, 4) is 11.1 Å². The number of amides is 1. The molecule has 0 saturated carbocycles. The minimum Gasteiger partial charge on any atom is -0.478 e. The van der Waals surface area contributed by atoms with Crippen molar-refractivity contribution in [2.24, 2.45) is 0 Å². The Balaban J connectivity index is 1.98. The molecule has 2 N–H and O–H groups in total. The summed E-state index contributed by atoms with van der Waals surface area (Å²) >= 11 is 10.4. The number of benzene rings is 2. The van der Waals surface area contributed by atoms with Gasteiger partial charge in [-0.05, 0) is 35.9 Å². The fourth-order valence-electron chi connectivity index (χ4n) is 2.32. The van der Waals surface area contributed by atoms with E-state index in [1.165, 1.54) is 11.3 Å². The molecule has 1 aromatic heterocycles. The minimum atomic E-state index is -1.10. The van der Waals surface area contributed by atoms with E-state index in [0.29, 0.717) is 21.2 Å². The Morgan fingerprint density at radius 3 is 2.36 bits per heavy atom. The molecule has 0 fully saturated rings. The fourth-order valence-corrected chi connectivity index (χ4v) is 3.89. The van der Waals surface area contributed by atoms with Gasteiger partial charge in [0.25, 0.3) is 5.91 Å². The van der Waals surface area contributed by atoms with Gasteiger partial charge in [0, 0.05) is 26.0 Å². The van der Waals surface area contributed by atoms with Crippen molar-refractivity contribution < 1.29 is 14.7 Å². The number of carbonyl (C=O) groups excluding carboxylic acids is 1. The van der Waals surface area contributed by atoms with Gasteiger partial charge in [-0.1, -0.05) is 45.7 Å². The third-order valence-corrected chi connectivity index (χ3v) is 5.34. The molecule has 0 unspecified atom stereocenters. The number of halogens is 2. The predicted molar refractivity (Wildman–Crippen MR) is 104 cm³/mol. The summed E-state index contributed by atoms with van der Waals surface area (Å²) in [5.41, 5.74) is 1.77. The maximum atomic E-state index is 12.4. The van der Waals surface area contributed by atoms with Gasteiger partial charge in [-0.2, -0.15) is 0 Å². The minimum absolute atomic E-state index is 0.0687.